The van der Waals surface area contributed by atoms with E-state index in [1.807, 2.05) is 0 Å². The lowest BCUT2D eigenvalue weighted by atomic mass is 9.99. The molecule has 0 heterocycles. The van der Waals surface area contributed by atoms with Crippen LogP contribution in [-0.4, -0.2) is 0 Å². The van der Waals surface area contributed by atoms with Crippen LogP contribution in [0.25, 0.3) is 66.1 Å². The molecule has 0 unspecified atom stereocenters. The van der Waals surface area contributed by atoms with Crippen LogP contribution in [0.15, 0.2) is 322 Å². The van der Waals surface area contributed by atoms with Crippen LogP contribution in [0.1, 0.15) is 0 Å². The highest BCUT2D eigenvalue weighted by Gasteiger charge is 2.19. The Kier molecular flexibility index (Phi) is 12.7. The Hall–Kier alpha value is -10.2. The summed E-state index contributed by atoms with van der Waals surface area (Å²) < 4.78 is 0. The maximum Gasteiger partial charge on any atom is 0.0468 e. The van der Waals surface area contributed by atoms with Crippen LogP contribution in [0.3, 0.4) is 0 Å². The minimum atomic E-state index is 1.07. The SMILES string of the molecule is c1ccc(-c2ccc(N(c3ccc(-c4ccccc4)cc3)c3ccc(N(c4ccccc4)c4ccc5c(ccc6cc(N(c7ccc(-c8ccccc8)cc7)c7ccc(-c8ccccc8)cc7)ccc65)c4)cc3)cc2)cc1. The average Bonchev–Trinajstić information content (AvgIpc) is 3.55. The third-order valence-electron chi connectivity index (χ3n) is 14.6. The third-order valence-corrected chi connectivity index (χ3v) is 14.6. The van der Waals surface area contributed by atoms with Crippen molar-refractivity contribution in [3.63, 3.8) is 0 Å². The Balaban J connectivity index is 0.844. The van der Waals surface area contributed by atoms with Gasteiger partial charge in [0.15, 0.2) is 0 Å². The maximum absolute atomic E-state index is 2.36. The maximum atomic E-state index is 2.36. The molecule has 0 N–H and O–H groups in total. The topological polar surface area (TPSA) is 9.72 Å². The van der Waals surface area contributed by atoms with Crippen molar-refractivity contribution >= 4 is 72.7 Å². The molecule has 77 heavy (non-hydrogen) atoms. The van der Waals surface area contributed by atoms with Crippen molar-refractivity contribution in [2.75, 3.05) is 14.7 Å². The van der Waals surface area contributed by atoms with Gasteiger partial charge in [-0.1, -0.05) is 212 Å². The van der Waals surface area contributed by atoms with E-state index in [0.717, 1.165) is 51.2 Å². The van der Waals surface area contributed by atoms with Crippen LogP contribution in [0.2, 0.25) is 0 Å². The van der Waals surface area contributed by atoms with Crippen molar-refractivity contribution in [1.29, 1.82) is 0 Å². The van der Waals surface area contributed by atoms with E-state index in [-0.39, 0.29) is 0 Å². The Morgan fingerprint density at radius 2 is 0.338 bits per heavy atom. The molecule has 3 heteroatoms. The molecule has 0 amide bonds. The van der Waals surface area contributed by atoms with Gasteiger partial charge in [-0.25, -0.2) is 0 Å². The van der Waals surface area contributed by atoms with Crippen molar-refractivity contribution < 1.29 is 0 Å². The van der Waals surface area contributed by atoms with Crippen molar-refractivity contribution in [3.05, 3.63) is 322 Å². The van der Waals surface area contributed by atoms with E-state index in [9.17, 15) is 0 Å². The summed E-state index contributed by atoms with van der Waals surface area (Å²) in [5, 5.41) is 4.77. The summed E-state index contributed by atoms with van der Waals surface area (Å²) in [7, 11) is 0. The van der Waals surface area contributed by atoms with Gasteiger partial charge in [0.25, 0.3) is 0 Å². The Morgan fingerprint density at radius 1 is 0.143 bits per heavy atom. The van der Waals surface area contributed by atoms with Crippen LogP contribution in [0, 0.1) is 0 Å². The molecule has 0 aliphatic rings. The van der Waals surface area contributed by atoms with E-state index in [4.69, 9.17) is 0 Å². The number of hydrogen-bond donors (Lipinski definition) is 0. The van der Waals surface area contributed by atoms with Gasteiger partial charge in [-0.05, 0) is 175 Å². The fourth-order valence-electron chi connectivity index (χ4n) is 10.7. The van der Waals surface area contributed by atoms with Gasteiger partial charge >= 0.3 is 0 Å². The summed E-state index contributed by atoms with van der Waals surface area (Å²) in [6, 6.07) is 116. The molecule has 0 radical (unpaired) electrons. The molecule has 0 saturated carbocycles. The number of benzene rings is 13. The minimum Gasteiger partial charge on any atom is -0.311 e. The fourth-order valence-corrected chi connectivity index (χ4v) is 10.7. The van der Waals surface area contributed by atoms with Gasteiger partial charge in [-0.2, -0.15) is 0 Å². The van der Waals surface area contributed by atoms with Gasteiger partial charge in [0.1, 0.15) is 0 Å². The van der Waals surface area contributed by atoms with E-state index in [0.29, 0.717) is 0 Å². The summed E-state index contributed by atoms with van der Waals surface area (Å²) in [5.41, 5.74) is 19.3. The molecule has 0 aliphatic heterocycles. The van der Waals surface area contributed by atoms with E-state index in [1.54, 1.807) is 0 Å². The normalized spacial score (nSPS) is 11.1. The van der Waals surface area contributed by atoms with Gasteiger partial charge in [0, 0.05) is 51.2 Å². The zero-order valence-electron chi connectivity index (χ0n) is 42.4. The quantitative estimate of drug-likeness (QED) is 0.107. The van der Waals surface area contributed by atoms with E-state index in [2.05, 4.69) is 336 Å². The largest absolute Gasteiger partial charge is 0.311 e. The zero-order valence-corrected chi connectivity index (χ0v) is 42.4. The van der Waals surface area contributed by atoms with E-state index in [1.165, 1.54) is 66.1 Å². The van der Waals surface area contributed by atoms with Gasteiger partial charge in [0.2, 0.25) is 0 Å². The minimum absolute atomic E-state index is 1.07. The second-order valence-corrected chi connectivity index (χ2v) is 19.4. The number of fused-ring (bicyclic) bond motifs is 3. The highest BCUT2D eigenvalue weighted by Crippen LogP contribution is 2.43. The molecule has 0 aliphatic carbocycles. The predicted molar refractivity (Wildman–Crippen MR) is 327 cm³/mol. The molecule has 0 aromatic heterocycles. The number of anilines is 9. The van der Waals surface area contributed by atoms with Crippen molar-refractivity contribution in [3.8, 4) is 44.5 Å². The smallest absolute Gasteiger partial charge is 0.0468 e. The molecule has 13 aromatic rings. The number of para-hydroxylation sites is 1. The second-order valence-electron chi connectivity index (χ2n) is 19.4. The highest BCUT2D eigenvalue weighted by atomic mass is 15.2. The van der Waals surface area contributed by atoms with Crippen molar-refractivity contribution in [2.24, 2.45) is 0 Å². The molecule has 0 bridgehead atoms. The molecular formula is C74H53N3. The Labute approximate surface area is 451 Å². The van der Waals surface area contributed by atoms with Gasteiger partial charge < -0.3 is 14.7 Å². The molecule has 13 aromatic carbocycles. The lowest BCUT2D eigenvalue weighted by molar-refractivity contribution is 1.26. The second kappa shape index (κ2) is 21.0. The first-order valence-electron chi connectivity index (χ1n) is 26.3. The first-order valence-corrected chi connectivity index (χ1v) is 26.3. The summed E-state index contributed by atoms with van der Waals surface area (Å²) in [5.74, 6) is 0. The van der Waals surface area contributed by atoms with Crippen LogP contribution < -0.4 is 14.7 Å². The summed E-state index contributed by atoms with van der Waals surface area (Å²) in [6.07, 6.45) is 0. The van der Waals surface area contributed by atoms with Crippen LogP contribution in [-0.2, 0) is 0 Å². The Morgan fingerprint density at radius 3 is 0.610 bits per heavy atom. The third kappa shape index (κ3) is 9.62. The average molecular weight is 984 g/mol. The van der Waals surface area contributed by atoms with Crippen LogP contribution in [0.5, 0.6) is 0 Å². The van der Waals surface area contributed by atoms with Gasteiger partial charge in [-0.3, -0.25) is 0 Å². The highest BCUT2D eigenvalue weighted by molar-refractivity contribution is 6.10. The van der Waals surface area contributed by atoms with E-state index >= 15 is 0 Å². The summed E-state index contributed by atoms with van der Waals surface area (Å²) >= 11 is 0. The van der Waals surface area contributed by atoms with E-state index < -0.39 is 0 Å². The number of hydrogen-bond acceptors (Lipinski definition) is 3. The summed E-state index contributed by atoms with van der Waals surface area (Å²) in [6.45, 7) is 0. The number of rotatable bonds is 13. The lowest BCUT2D eigenvalue weighted by Gasteiger charge is -2.29. The fraction of sp³-hybridized carbons (Fsp3) is 0. The molecule has 0 fully saturated rings. The standard InChI is InChI=1S/C74H53N3/c1-6-16-54(17-7-1)58-28-36-65(37-29-58)75(66-38-30-59(31-39-66)55-18-8-2-9-19-55)69-44-46-70(47-45-69)76(64-24-14-5-15-25-64)71-48-50-73-62(52-71)26-27-63-53-72(49-51-74(63)73)77(67-40-32-60(33-41-67)56-20-10-3-11-21-56)68-42-34-61(35-43-68)57-22-12-4-13-23-57/h1-53H. The lowest BCUT2D eigenvalue weighted by Crippen LogP contribution is -2.12. The van der Waals surface area contributed by atoms with Gasteiger partial charge in [0.05, 0.1) is 0 Å². The van der Waals surface area contributed by atoms with Gasteiger partial charge in [-0.15, -0.1) is 0 Å². The predicted octanol–water partition coefficient (Wildman–Crippen LogP) is 21.1. The van der Waals surface area contributed by atoms with Crippen molar-refractivity contribution in [1.82, 2.24) is 0 Å². The first-order chi connectivity index (χ1) is 38.2. The molecule has 0 saturated heterocycles. The first kappa shape index (κ1) is 46.6. The molecule has 0 atom stereocenters. The molecule has 0 spiro atoms. The van der Waals surface area contributed by atoms with Crippen LogP contribution in [0.4, 0.5) is 51.2 Å². The molecule has 13 rings (SSSR count). The Bertz CT molecular complexity index is 3910. The molecule has 3 nitrogen and oxygen atoms in total. The van der Waals surface area contributed by atoms with Crippen molar-refractivity contribution in [2.45, 2.75) is 0 Å². The zero-order chi connectivity index (χ0) is 51.3. The summed E-state index contributed by atoms with van der Waals surface area (Å²) in [4.78, 5) is 7.06. The number of nitrogens with zero attached hydrogens (tertiary/aromatic N) is 3. The monoisotopic (exact) mass is 983 g/mol. The van der Waals surface area contributed by atoms with Crippen LogP contribution >= 0.6 is 0 Å². The molecule has 364 valence electrons. The molecular weight excluding hydrogens is 931 g/mol.